The van der Waals surface area contributed by atoms with Crippen LogP contribution in [0.25, 0.3) is 0 Å². The number of nitrogens with zero attached hydrogens (tertiary/aromatic N) is 1. The molecule has 128 valence electrons. The summed E-state index contributed by atoms with van der Waals surface area (Å²) >= 11 is 5.98. The Bertz CT molecular complexity index is 552. The number of rotatable bonds is 9. The van der Waals surface area contributed by atoms with E-state index in [1.807, 2.05) is 19.0 Å². The molecule has 0 bridgehead atoms. The summed E-state index contributed by atoms with van der Waals surface area (Å²) in [6.07, 6.45) is -0.174. The van der Waals surface area contributed by atoms with Crippen molar-refractivity contribution >= 4 is 29.2 Å². The molecule has 0 unspecified atom stereocenters. The van der Waals surface area contributed by atoms with E-state index < -0.39 is 17.9 Å². The number of carbonyl (C=O) groups excluding carboxylic acids is 1. The molecule has 0 radical (unpaired) electrons. The van der Waals surface area contributed by atoms with Gasteiger partial charge in [0.25, 0.3) is 0 Å². The first-order chi connectivity index (χ1) is 10.8. The van der Waals surface area contributed by atoms with Crippen LogP contribution < -0.4 is 15.4 Å². The zero-order valence-corrected chi connectivity index (χ0v) is 14.2. The maximum absolute atomic E-state index is 12.0. The molecule has 0 aliphatic carbocycles. The first kappa shape index (κ1) is 19.2. The van der Waals surface area contributed by atoms with E-state index in [-0.39, 0.29) is 6.42 Å². The minimum absolute atomic E-state index is 0.174. The van der Waals surface area contributed by atoms with Gasteiger partial charge in [-0.3, -0.25) is 9.59 Å². The van der Waals surface area contributed by atoms with Crippen LogP contribution in [0.2, 0.25) is 5.02 Å². The van der Waals surface area contributed by atoms with Crippen LogP contribution in [0, 0.1) is 0 Å². The largest absolute Gasteiger partial charge is 0.495 e. The van der Waals surface area contributed by atoms with Crippen molar-refractivity contribution in [2.24, 2.45) is 0 Å². The van der Waals surface area contributed by atoms with Gasteiger partial charge in [0.15, 0.2) is 0 Å². The number of methoxy groups -OCH3 is 1. The number of aliphatic carboxylic acids is 1. The maximum atomic E-state index is 12.0. The zero-order valence-electron chi connectivity index (χ0n) is 13.4. The van der Waals surface area contributed by atoms with Gasteiger partial charge < -0.3 is 25.4 Å². The Hall–Kier alpha value is -1.83. The number of anilines is 1. The van der Waals surface area contributed by atoms with E-state index in [2.05, 4.69) is 10.6 Å². The van der Waals surface area contributed by atoms with Gasteiger partial charge in [-0.25, -0.2) is 0 Å². The summed E-state index contributed by atoms with van der Waals surface area (Å²) in [6.45, 7) is 1.16. The highest BCUT2D eigenvalue weighted by Crippen LogP contribution is 2.27. The van der Waals surface area contributed by atoms with Gasteiger partial charge in [0.05, 0.1) is 18.6 Å². The summed E-state index contributed by atoms with van der Waals surface area (Å²) in [5, 5.41) is 15.0. The van der Waals surface area contributed by atoms with E-state index in [1.54, 1.807) is 18.2 Å². The molecule has 0 aliphatic rings. The molecule has 1 rings (SSSR count). The molecule has 8 heteroatoms. The number of amides is 1. The summed E-state index contributed by atoms with van der Waals surface area (Å²) in [5.41, 5.74) is 0.484. The van der Waals surface area contributed by atoms with Crippen LogP contribution in [0.3, 0.4) is 0 Å². The van der Waals surface area contributed by atoms with Crippen LogP contribution in [0.15, 0.2) is 18.2 Å². The topological polar surface area (TPSA) is 90.9 Å². The second-order valence-electron chi connectivity index (χ2n) is 5.25. The van der Waals surface area contributed by atoms with Gasteiger partial charge in [-0.2, -0.15) is 0 Å². The normalized spacial score (nSPS) is 12.0. The van der Waals surface area contributed by atoms with E-state index in [4.69, 9.17) is 16.3 Å². The fourth-order valence-electron chi connectivity index (χ4n) is 1.85. The summed E-state index contributed by atoms with van der Waals surface area (Å²) < 4.78 is 5.03. The van der Waals surface area contributed by atoms with Crippen LogP contribution in [0.5, 0.6) is 5.75 Å². The van der Waals surface area contributed by atoms with Gasteiger partial charge in [0.2, 0.25) is 5.91 Å². The Morgan fingerprint density at radius 2 is 2.09 bits per heavy atom. The van der Waals surface area contributed by atoms with Crippen LogP contribution >= 0.6 is 11.6 Å². The fourth-order valence-corrected chi connectivity index (χ4v) is 2.11. The van der Waals surface area contributed by atoms with Crippen molar-refractivity contribution in [1.29, 1.82) is 0 Å². The Labute approximate surface area is 140 Å². The van der Waals surface area contributed by atoms with Crippen molar-refractivity contribution in [2.45, 2.75) is 12.5 Å². The summed E-state index contributed by atoms with van der Waals surface area (Å²) in [5.74, 6) is -0.971. The Balaban J connectivity index is 2.58. The third-order valence-electron chi connectivity index (χ3n) is 3.07. The number of nitrogens with one attached hydrogen (secondary N) is 2. The second-order valence-corrected chi connectivity index (χ2v) is 5.66. The maximum Gasteiger partial charge on any atom is 0.321 e. The first-order valence-electron chi connectivity index (χ1n) is 7.07. The molecule has 0 spiro atoms. The average Bonchev–Trinajstić information content (AvgIpc) is 2.45. The van der Waals surface area contributed by atoms with Gasteiger partial charge in [-0.15, -0.1) is 0 Å². The Kier molecular flexibility index (Phi) is 7.80. The predicted octanol–water partition coefficient (Wildman–Crippen LogP) is 1.28. The molecule has 1 amide bonds. The van der Waals surface area contributed by atoms with E-state index in [0.717, 1.165) is 0 Å². The van der Waals surface area contributed by atoms with Crippen molar-refractivity contribution in [1.82, 2.24) is 10.2 Å². The highest BCUT2D eigenvalue weighted by molar-refractivity contribution is 6.32. The van der Waals surface area contributed by atoms with Crippen LogP contribution in [0.4, 0.5) is 5.69 Å². The molecule has 0 fully saturated rings. The van der Waals surface area contributed by atoms with Gasteiger partial charge in [-0.1, -0.05) is 11.6 Å². The van der Waals surface area contributed by atoms with Crippen molar-refractivity contribution in [3.63, 3.8) is 0 Å². The lowest BCUT2D eigenvalue weighted by atomic mass is 10.2. The van der Waals surface area contributed by atoms with Crippen molar-refractivity contribution in [3.05, 3.63) is 23.2 Å². The molecule has 0 saturated heterocycles. The molecule has 23 heavy (non-hydrogen) atoms. The molecule has 1 atom stereocenters. The Morgan fingerprint density at radius 3 is 2.61 bits per heavy atom. The number of carboxylic acid groups (broad SMARTS) is 1. The Morgan fingerprint density at radius 1 is 1.39 bits per heavy atom. The van der Waals surface area contributed by atoms with Crippen molar-refractivity contribution < 1.29 is 19.4 Å². The van der Waals surface area contributed by atoms with Gasteiger partial charge >= 0.3 is 5.97 Å². The summed E-state index contributed by atoms with van der Waals surface area (Å²) in [4.78, 5) is 25.1. The number of benzene rings is 1. The van der Waals surface area contributed by atoms with Crippen molar-refractivity contribution in [2.75, 3.05) is 39.6 Å². The fraction of sp³-hybridized carbons (Fsp3) is 0.467. The van der Waals surface area contributed by atoms with Gasteiger partial charge in [-0.05, 0) is 32.3 Å². The number of hydrogen-bond donors (Lipinski definition) is 3. The summed E-state index contributed by atoms with van der Waals surface area (Å²) in [6, 6.07) is 3.87. The number of hydrogen-bond acceptors (Lipinski definition) is 5. The molecule has 0 heterocycles. The third kappa shape index (κ3) is 6.85. The van der Waals surface area contributed by atoms with E-state index in [1.165, 1.54) is 7.11 Å². The van der Waals surface area contributed by atoms with Crippen molar-refractivity contribution in [3.8, 4) is 5.75 Å². The molecular weight excluding hydrogens is 322 g/mol. The standard InChI is InChI=1S/C15H22ClN3O4/c1-19(2)7-6-17-12(15(21)22)9-14(20)18-10-4-5-13(23-3)11(16)8-10/h4-5,8,12,17H,6-7,9H2,1-3H3,(H,18,20)(H,21,22)/t12-/m1/s1. The number of likely N-dealkylation sites (N-methyl/N-ethyl adjacent to an activating group) is 1. The second kappa shape index (κ2) is 9.34. The molecule has 7 nitrogen and oxygen atoms in total. The van der Waals surface area contributed by atoms with E-state index in [0.29, 0.717) is 29.5 Å². The van der Waals surface area contributed by atoms with Crippen LogP contribution in [-0.2, 0) is 9.59 Å². The highest BCUT2D eigenvalue weighted by atomic mass is 35.5. The average molecular weight is 344 g/mol. The lowest BCUT2D eigenvalue weighted by Gasteiger charge is -2.16. The quantitative estimate of drug-likeness (QED) is 0.625. The predicted molar refractivity (Wildman–Crippen MR) is 89.2 cm³/mol. The van der Waals surface area contributed by atoms with Crippen LogP contribution in [0.1, 0.15) is 6.42 Å². The molecule has 3 N–H and O–H groups in total. The molecule has 1 aromatic rings. The number of carbonyl (C=O) groups is 2. The third-order valence-corrected chi connectivity index (χ3v) is 3.37. The SMILES string of the molecule is COc1ccc(NC(=O)C[C@@H](NCCN(C)C)C(=O)O)cc1Cl. The number of ether oxygens (including phenoxy) is 1. The smallest absolute Gasteiger partial charge is 0.321 e. The lowest BCUT2D eigenvalue weighted by molar-refractivity contribution is -0.141. The number of carboxylic acids is 1. The molecule has 1 aromatic carbocycles. The first-order valence-corrected chi connectivity index (χ1v) is 7.45. The lowest BCUT2D eigenvalue weighted by Crippen LogP contribution is -2.42. The highest BCUT2D eigenvalue weighted by Gasteiger charge is 2.20. The van der Waals surface area contributed by atoms with E-state index >= 15 is 0 Å². The molecular formula is C15H22ClN3O4. The minimum atomic E-state index is -1.06. The molecule has 0 saturated carbocycles. The zero-order chi connectivity index (χ0) is 17.4. The molecule has 0 aliphatic heterocycles. The van der Waals surface area contributed by atoms with Gasteiger partial charge in [0.1, 0.15) is 11.8 Å². The minimum Gasteiger partial charge on any atom is -0.495 e. The monoisotopic (exact) mass is 343 g/mol. The number of halogens is 1. The van der Waals surface area contributed by atoms with Crippen LogP contribution in [-0.4, -0.2) is 62.2 Å². The summed E-state index contributed by atoms with van der Waals surface area (Å²) in [7, 11) is 5.27. The van der Waals surface area contributed by atoms with Gasteiger partial charge in [0, 0.05) is 18.8 Å². The molecule has 0 aromatic heterocycles. The van der Waals surface area contributed by atoms with E-state index in [9.17, 15) is 14.7 Å².